The summed E-state index contributed by atoms with van der Waals surface area (Å²) in [5.74, 6) is 1.60. The lowest BCUT2D eigenvalue weighted by atomic mass is 9.96. The largest absolute Gasteiger partial charge is 0.374 e. The van der Waals surface area contributed by atoms with Crippen LogP contribution in [0.5, 0.6) is 0 Å². The van der Waals surface area contributed by atoms with Crippen molar-refractivity contribution in [2.75, 3.05) is 31.6 Å². The van der Waals surface area contributed by atoms with E-state index < -0.39 is 0 Å². The molecule has 1 aromatic heterocycles. The van der Waals surface area contributed by atoms with E-state index in [1.165, 1.54) is 0 Å². The number of amides is 1. The van der Waals surface area contributed by atoms with Crippen molar-refractivity contribution >= 4 is 23.3 Å². The number of rotatable bonds is 5. The Kier molecular flexibility index (Phi) is 5.76. The van der Waals surface area contributed by atoms with E-state index in [2.05, 4.69) is 20.2 Å². The smallest absolute Gasteiger partial charge is 0.222 e. The number of aromatic nitrogens is 2. The number of carbonyl (C=O) groups excluding carboxylic acids is 1. The highest BCUT2D eigenvalue weighted by Gasteiger charge is 2.25. The second kappa shape index (κ2) is 7.56. The van der Waals surface area contributed by atoms with Crippen molar-refractivity contribution in [3.05, 3.63) is 17.0 Å². The zero-order valence-electron chi connectivity index (χ0n) is 12.4. The maximum Gasteiger partial charge on any atom is 0.222 e. The number of carbonyl (C=O) groups is 1. The number of halogens is 1. The first kappa shape index (κ1) is 16.0. The molecule has 0 spiro atoms. The van der Waals surface area contributed by atoms with Gasteiger partial charge >= 0.3 is 0 Å². The molecule has 1 fully saturated rings. The highest BCUT2D eigenvalue weighted by Crippen LogP contribution is 2.23. The standard InChI is InChI=1S/C14H21ClN4O2/c1-3-21-9-12-17-11(15)8-13(18-12)19-6-4-10(5-7-19)14(20)16-2/h8,10H,3-7,9H2,1-2H3,(H,16,20). The molecule has 1 N–H and O–H groups in total. The van der Waals surface area contributed by atoms with E-state index in [9.17, 15) is 4.79 Å². The van der Waals surface area contributed by atoms with E-state index in [0.717, 1.165) is 31.7 Å². The minimum atomic E-state index is 0.0893. The van der Waals surface area contributed by atoms with E-state index >= 15 is 0 Å². The average molecular weight is 313 g/mol. The average Bonchev–Trinajstić information content (AvgIpc) is 2.51. The van der Waals surface area contributed by atoms with Gasteiger partial charge in [0.1, 0.15) is 17.6 Å². The fourth-order valence-electron chi connectivity index (χ4n) is 2.45. The van der Waals surface area contributed by atoms with E-state index in [1.807, 2.05) is 6.92 Å². The van der Waals surface area contributed by atoms with E-state index in [0.29, 0.717) is 24.2 Å². The quantitative estimate of drug-likeness (QED) is 0.837. The van der Waals surface area contributed by atoms with Crippen LogP contribution in [0.2, 0.25) is 5.15 Å². The molecule has 1 amide bonds. The summed E-state index contributed by atoms with van der Waals surface area (Å²) in [4.78, 5) is 22.4. The molecule has 2 heterocycles. The minimum Gasteiger partial charge on any atom is -0.374 e. The van der Waals surface area contributed by atoms with Gasteiger partial charge in [0.05, 0.1) is 0 Å². The summed E-state index contributed by atoms with van der Waals surface area (Å²) in [5, 5.41) is 3.13. The van der Waals surface area contributed by atoms with Gasteiger partial charge in [-0.25, -0.2) is 9.97 Å². The van der Waals surface area contributed by atoms with Crippen molar-refractivity contribution in [1.29, 1.82) is 0 Å². The number of hydrogen-bond acceptors (Lipinski definition) is 5. The molecule has 1 aromatic rings. The van der Waals surface area contributed by atoms with Crippen LogP contribution in [0, 0.1) is 5.92 Å². The molecule has 0 bridgehead atoms. The number of nitrogens with one attached hydrogen (secondary N) is 1. The molecule has 0 aromatic carbocycles. The third-order valence-electron chi connectivity index (χ3n) is 3.60. The number of piperidine rings is 1. The van der Waals surface area contributed by atoms with Crippen molar-refractivity contribution in [3.8, 4) is 0 Å². The van der Waals surface area contributed by atoms with E-state index in [4.69, 9.17) is 16.3 Å². The van der Waals surface area contributed by atoms with Gasteiger partial charge in [0.25, 0.3) is 0 Å². The lowest BCUT2D eigenvalue weighted by Gasteiger charge is -2.32. The third-order valence-corrected chi connectivity index (χ3v) is 3.79. The molecule has 116 valence electrons. The number of nitrogens with zero attached hydrogens (tertiary/aromatic N) is 3. The van der Waals surface area contributed by atoms with Gasteiger partial charge in [-0.1, -0.05) is 11.6 Å². The van der Waals surface area contributed by atoms with Crippen molar-refractivity contribution in [2.45, 2.75) is 26.4 Å². The lowest BCUT2D eigenvalue weighted by Crippen LogP contribution is -2.40. The first-order valence-electron chi connectivity index (χ1n) is 7.21. The van der Waals surface area contributed by atoms with Gasteiger partial charge < -0.3 is 15.0 Å². The van der Waals surface area contributed by atoms with Gasteiger partial charge in [-0.2, -0.15) is 0 Å². The zero-order chi connectivity index (χ0) is 15.2. The third kappa shape index (κ3) is 4.28. The molecule has 0 saturated carbocycles. The molecule has 0 aliphatic carbocycles. The minimum absolute atomic E-state index is 0.0893. The van der Waals surface area contributed by atoms with Crippen LogP contribution in [0.1, 0.15) is 25.6 Å². The van der Waals surface area contributed by atoms with Crippen LogP contribution >= 0.6 is 11.6 Å². The topological polar surface area (TPSA) is 67.3 Å². The van der Waals surface area contributed by atoms with Crippen LogP contribution in [0.3, 0.4) is 0 Å². The summed E-state index contributed by atoms with van der Waals surface area (Å²) in [5.41, 5.74) is 0. The van der Waals surface area contributed by atoms with Gasteiger partial charge in [-0.15, -0.1) is 0 Å². The fourth-order valence-corrected chi connectivity index (χ4v) is 2.64. The van der Waals surface area contributed by atoms with Crippen LogP contribution < -0.4 is 10.2 Å². The maximum atomic E-state index is 11.6. The predicted molar refractivity (Wildman–Crippen MR) is 81.4 cm³/mol. The molecule has 0 unspecified atom stereocenters. The predicted octanol–water partition coefficient (Wildman–Crippen LogP) is 1.63. The van der Waals surface area contributed by atoms with E-state index in [-0.39, 0.29) is 11.8 Å². The second-order valence-electron chi connectivity index (χ2n) is 4.98. The molecule has 6 nitrogen and oxygen atoms in total. The Morgan fingerprint density at radius 3 is 2.81 bits per heavy atom. The van der Waals surface area contributed by atoms with Crippen LogP contribution in [-0.2, 0) is 16.1 Å². The van der Waals surface area contributed by atoms with Crippen LogP contribution in [0.15, 0.2) is 6.07 Å². The van der Waals surface area contributed by atoms with Crippen LogP contribution in [0.4, 0.5) is 5.82 Å². The highest BCUT2D eigenvalue weighted by molar-refractivity contribution is 6.29. The van der Waals surface area contributed by atoms with Crippen molar-refractivity contribution in [1.82, 2.24) is 15.3 Å². The van der Waals surface area contributed by atoms with Gasteiger partial charge in [0.15, 0.2) is 5.82 Å². The Morgan fingerprint density at radius 2 is 2.19 bits per heavy atom. The molecule has 0 radical (unpaired) electrons. The van der Waals surface area contributed by atoms with Crippen molar-refractivity contribution in [2.24, 2.45) is 5.92 Å². The van der Waals surface area contributed by atoms with Crippen LogP contribution in [0.25, 0.3) is 0 Å². The molecule has 2 rings (SSSR count). The summed E-state index contributed by atoms with van der Waals surface area (Å²) in [7, 11) is 1.68. The Labute approximate surface area is 129 Å². The Bertz CT molecular complexity index is 490. The molecular formula is C14H21ClN4O2. The summed E-state index contributed by atoms with van der Waals surface area (Å²) < 4.78 is 5.32. The van der Waals surface area contributed by atoms with Crippen molar-refractivity contribution in [3.63, 3.8) is 0 Å². The van der Waals surface area contributed by atoms with Crippen LogP contribution in [-0.4, -0.2) is 42.6 Å². The Balaban J connectivity index is 2.02. The first-order chi connectivity index (χ1) is 10.1. The molecule has 0 atom stereocenters. The normalized spacial score (nSPS) is 16.0. The first-order valence-corrected chi connectivity index (χ1v) is 7.59. The SMILES string of the molecule is CCOCc1nc(Cl)cc(N2CCC(C(=O)NC)CC2)n1. The summed E-state index contributed by atoms with van der Waals surface area (Å²) in [6.07, 6.45) is 1.64. The molecule has 1 aliphatic heterocycles. The van der Waals surface area contributed by atoms with Gasteiger partial charge in [0.2, 0.25) is 5.91 Å². The van der Waals surface area contributed by atoms with Gasteiger partial charge in [-0.05, 0) is 19.8 Å². The van der Waals surface area contributed by atoms with E-state index in [1.54, 1.807) is 13.1 Å². The monoisotopic (exact) mass is 312 g/mol. The number of hydrogen-bond donors (Lipinski definition) is 1. The zero-order valence-corrected chi connectivity index (χ0v) is 13.2. The van der Waals surface area contributed by atoms with Gasteiger partial charge in [-0.3, -0.25) is 4.79 Å². The highest BCUT2D eigenvalue weighted by atomic mass is 35.5. The Morgan fingerprint density at radius 1 is 1.48 bits per heavy atom. The summed E-state index contributed by atoms with van der Waals surface area (Å²) in [6, 6.07) is 1.76. The molecular weight excluding hydrogens is 292 g/mol. The summed E-state index contributed by atoms with van der Waals surface area (Å²) in [6.45, 7) is 4.48. The molecule has 1 aliphatic rings. The second-order valence-corrected chi connectivity index (χ2v) is 5.37. The summed E-state index contributed by atoms with van der Waals surface area (Å²) >= 11 is 6.05. The maximum absolute atomic E-state index is 11.6. The number of ether oxygens (including phenoxy) is 1. The Hall–Kier alpha value is -1.40. The molecule has 1 saturated heterocycles. The number of anilines is 1. The fraction of sp³-hybridized carbons (Fsp3) is 0.643. The van der Waals surface area contributed by atoms with Crippen molar-refractivity contribution < 1.29 is 9.53 Å². The van der Waals surface area contributed by atoms with Gasteiger partial charge in [0, 0.05) is 38.7 Å². The lowest BCUT2D eigenvalue weighted by molar-refractivity contribution is -0.125. The molecule has 7 heteroatoms. The molecule has 21 heavy (non-hydrogen) atoms.